The minimum atomic E-state index is -3.19. The molecule has 1 aromatic carbocycles. The average Bonchev–Trinajstić information content (AvgIpc) is 2.26. The van der Waals surface area contributed by atoms with Crippen molar-refractivity contribution in [2.45, 2.75) is 11.8 Å². The highest BCUT2D eigenvalue weighted by Crippen LogP contribution is 2.22. The van der Waals surface area contributed by atoms with E-state index < -0.39 is 9.84 Å². The molecule has 0 saturated heterocycles. The summed E-state index contributed by atoms with van der Waals surface area (Å²) in [7, 11) is -3.19. The number of fused-ring (bicyclic) bond motifs is 1. The molecule has 0 radical (unpaired) electrons. The van der Waals surface area contributed by atoms with Crippen LogP contribution in [0.15, 0.2) is 29.2 Å². The molecule has 0 fully saturated rings. The van der Waals surface area contributed by atoms with Gasteiger partial charge in [0.1, 0.15) is 5.82 Å². The molecule has 5 nitrogen and oxygen atoms in total. The van der Waals surface area contributed by atoms with Gasteiger partial charge >= 0.3 is 0 Å². The largest absolute Gasteiger partial charge is 0.308 e. The van der Waals surface area contributed by atoms with E-state index in [4.69, 9.17) is 5.84 Å². The van der Waals surface area contributed by atoms with Gasteiger partial charge < -0.3 is 5.43 Å². The van der Waals surface area contributed by atoms with Crippen molar-refractivity contribution in [1.29, 1.82) is 0 Å². The summed E-state index contributed by atoms with van der Waals surface area (Å²) in [6.07, 6.45) is 1.18. The number of pyridine rings is 1. The fraction of sp³-hybridized carbons (Fsp3) is 0.182. The Kier molecular flexibility index (Phi) is 2.76. The summed E-state index contributed by atoms with van der Waals surface area (Å²) in [5.74, 6) is 5.92. The summed E-state index contributed by atoms with van der Waals surface area (Å²) >= 11 is 0. The fourth-order valence-electron chi connectivity index (χ4n) is 1.64. The van der Waals surface area contributed by atoms with Crippen molar-refractivity contribution in [2.24, 2.45) is 5.84 Å². The lowest BCUT2D eigenvalue weighted by Crippen LogP contribution is -2.10. The monoisotopic (exact) mass is 251 g/mol. The van der Waals surface area contributed by atoms with Crippen molar-refractivity contribution < 1.29 is 8.42 Å². The summed E-state index contributed by atoms with van der Waals surface area (Å²) in [6, 6.07) is 6.68. The Hall–Kier alpha value is -1.66. The van der Waals surface area contributed by atoms with Gasteiger partial charge in [0, 0.05) is 11.6 Å². The molecule has 1 heterocycles. The Morgan fingerprint density at radius 3 is 2.59 bits per heavy atom. The zero-order valence-electron chi connectivity index (χ0n) is 9.56. The molecule has 0 unspecified atom stereocenters. The Morgan fingerprint density at radius 1 is 1.29 bits per heavy atom. The molecule has 0 spiro atoms. The number of aromatic nitrogens is 1. The molecule has 0 aliphatic rings. The van der Waals surface area contributed by atoms with E-state index in [0.717, 1.165) is 10.9 Å². The fourth-order valence-corrected chi connectivity index (χ4v) is 2.29. The number of anilines is 1. The molecule has 0 bridgehead atoms. The van der Waals surface area contributed by atoms with Crippen LogP contribution in [0.25, 0.3) is 10.9 Å². The second kappa shape index (κ2) is 3.97. The molecular weight excluding hydrogens is 238 g/mol. The minimum absolute atomic E-state index is 0.291. The van der Waals surface area contributed by atoms with E-state index in [1.807, 2.05) is 13.0 Å². The van der Waals surface area contributed by atoms with Crippen molar-refractivity contribution in [3.05, 3.63) is 29.8 Å². The summed E-state index contributed by atoms with van der Waals surface area (Å²) < 4.78 is 22.9. The Labute approximate surface area is 99.5 Å². The number of benzene rings is 1. The Balaban J connectivity index is 2.72. The van der Waals surface area contributed by atoms with Crippen LogP contribution in [-0.2, 0) is 9.84 Å². The molecule has 3 N–H and O–H groups in total. The number of nitrogen functional groups attached to an aromatic ring is 1. The third-order valence-electron chi connectivity index (χ3n) is 2.54. The van der Waals surface area contributed by atoms with Gasteiger partial charge in [-0.25, -0.2) is 19.2 Å². The maximum absolute atomic E-state index is 11.4. The first-order valence-corrected chi connectivity index (χ1v) is 6.89. The van der Waals surface area contributed by atoms with Crippen LogP contribution < -0.4 is 11.3 Å². The average molecular weight is 251 g/mol. The topological polar surface area (TPSA) is 85.1 Å². The van der Waals surface area contributed by atoms with Crippen LogP contribution in [-0.4, -0.2) is 19.7 Å². The van der Waals surface area contributed by atoms with Crippen LogP contribution in [0.5, 0.6) is 0 Å². The lowest BCUT2D eigenvalue weighted by atomic mass is 10.1. The SMILES string of the molecule is Cc1cc2cc(S(C)(=O)=O)ccc2nc1NN. The van der Waals surface area contributed by atoms with Gasteiger partial charge in [-0.2, -0.15) is 0 Å². The van der Waals surface area contributed by atoms with Crippen LogP contribution in [0, 0.1) is 6.92 Å². The number of rotatable bonds is 2. The van der Waals surface area contributed by atoms with E-state index in [2.05, 4.69) is 10.4 Å². The number of hydrogen-bond acceptors (Lipinski definition) is 5. The molecule has 0 saturated carbocycles. The van der Waals surface area contributed by atoms with Crippen LogP contribution in [0.2, 0.25) is 0 Å². The third kappa shape index (κ3) is 2.22. The molecule has 0 atom stereocenters. The molecule has 6 heteroatoms. The Morgan fingerprint density at radius 2 is 2.00 bits per heavy atom. The van der Waals surface area contributed by atoms with E-state index in [1.54, 1.807) is 18.2 Å². The first-order valence-electron chi connectivity index (χ1n) is 5.00. The van der Waals surface area contributed by atoms with Gasteiger partial charge in [0.2, 0.25) is 0 Å². The number of hydrogen-bond donors (Lipinski definition) is 2. The summed E-state index contributed by atoms with van der Waals surface area (Å²) in [5.41, 5.74) is 4.07. The van der Waals surface area contributed by atoms with Crippen LogP contribution in [0.1, 0.15) is 5.56 Å². The minimum Gasteiger partial charge on any atom is -0.308 e. The molecule has 2 aromatic rings. The van der Waals surface area contributed by atoms with Crippen LogP contribution in [0.3, 0.4) is 0 Å². The normalized spacial score (nSPS) is 11.7. The molecular formula is C11H13N3O2S. The Bertz CT molecular complexity index is 680. The van der Waals surface area contributed by atoms with E-state index in [1.165, 1.54) is 6.26 Å². The molecule has 2 rings (SSSR count). The highest BCUT2D eigenvalue weighted by atomic mass is 32.2. The van der Waals surface area contributed by atoms with Gasteiger partial charge in [0.15, 0.2) is 9.84 Å². The van der Waals surface area contributed by atoms with E-state index in [9.17, 15) is 8.42 Å². The van der Waals surface area contributed by atoms with E-state index >= 15 is 0 Å². The first kappa shape index (κ1) is 11.8. The zero-order chi connectivity index (χ0) is 12.6. The van der Waals surface area contributed by atoms with Gasteiger partial charge in [-0.3, -0.25) is 0 Å². The molecule has 17 heavy (non-hydrogen) atoms. The van der Waals surface area contributed by atoms with Crippen LogP contribution in [0.4, 0.5) is 5.82 Å². The molecule has 0 aliphatic carbocycles. The van der Waals surface area contributed by atoms with Gasteiger partial charge in [-0.15, -0.1) is 0 Å². The van der Waals surface area contributed by atoms with Gasteiger partial charge in [0.25, 0.3) is 0 Å². The van der Waals surface area contributed by atoms with Gasteiger partial charge in [-0.05, 0) is 36.8 Å². The number of hydrazine groups is 1. The van der Waals surface area contributed by atoms with Gasteiger partial charge in [0.05, 0.1) is 10.4 Å². The second-order valence-corrected chi connectivity index (χ2v) is 5.94. The molecule has 90 valence electrons. The maximum atomic E-state index is 11.4. The first-order chi connectivity index (χ1) is 7.91. The summed E-state index contributed by atoms with van der Waals surface area (Å²) in [5, 5.41) is 0.782. The van der Waals surface area contributed by atoms with Crippen molar-refractivity contribution >= 4 is 26.6 Å². The quantitative estimate of drug-likeness (QED) is 0.619. The molecule has 1 aromatic heterocycles. The second-order valence-electron chi connectivity index (χ2n) is 3.92. The smallest absolute Gasteiger partial charge is 0.175 e. The van der Waals surface area contributed by atoms with Crippen LogP contribution >= 0.6 is 0 Å². The van der Waals surface area contributed by atoms with Crippen molar-refractivity contribution in [1.82, 2.24) is 4.98 Å². The van der Waals surface area contributed by atoms with Crippen molar-refractivity contribution in [3.8, 4) is 0 Å². The highest BCUT2D eigenvalue weighted by Gasteiger charge is 2.09. The van der Waals surface area contributed by atoms with Gasteiger partial charge in [-0.1, -0.05) is 0 Å². The number of nitrogens with two attached hydrogens (primary N) is 1. The van der Waals surface area contributed by atoms with Crippen molar-refractivity contribution in [2.75, 3.05) is 11.7 Å². The van der Waals surface area contributed by atoms with E-state index in [-0.39, 0.29) is 0 Å². The third-order valence-corrected chi connectivity index (χ3v) is 3.65. The highest BCUT2D eigenvalue weighted by molar-refractivity contribution is 7.90. The maximum Gasteiger partial charge on any atom is 0.175 e. The number of nitrogens with zero attached hydrogens (tertiary/aromatic N) is 1. The molecule has 0 amide bonds. The predicted molar refractivity (Wildman–Crippen MR) is 67.4 cm³/mol. The predicted octanol–water partition coefficient (Wildman–Crippen LogP) is 1.23. The lowest BCUT2D eigenvalue weighted by molar-refractivity contribution is 0.602. The number of aryl methyl sites for hydroxylation is 1. The number of sulfone groups is 1. The summed E-state index contributed by atoms with van der Waals surface area (Å²) in [6.45, 7) is 1.86. The van der Waals surface area contributed by atoms with Crippen molar-refractivity contribution in [3.63, 3.8) is 0 Å². The number of nitrogens with one attached hydrogen (secondary N) is 1. The summed E-state index contributed by atoms with van der Waals surface area (Å²) in [4.78, 5) is 4.58. The van der Waals surface area contributed by atoms with E-state index in [0.29, 0.717) is 16.2 Å². The zero-order valence-corrected chi connectivity index (χ0v) is 10.4. The molecule has 0 aliphatic heterocycles. The lowest BCUT2D eigenvalue weighted by Gasteiger charge is -2.07. The standard InChI is InChI=1S/C11H13N3O2S/c1-7-5-8-6-9(17(2,15)16)3-4-10(8)13-11(7)14-12/h3-6H,12H2,1-2H3,(H,13,14).